The Morgan fingerprint density at radius 1 is 1.19 bits per heavy atom. The van der Waals surface area contributed by atoms with Crippen LogP contribution in [-0.2, 0) is 9.53 Å². The second kappa shape index (κ2) is 8.15. The minimum atomic E-state index is -0.647. The highest BCUT2D eigenvalue weighted by Gasteiger charge is 2.14. The number of benzene rings is 2. The maximum absolute atomic E-state index is 11.9. The number of rotatable bonds is 5. The zero-order valence-electron chi connectivity index (χ0n) is 15.2. The first-order valence-corrected chi connectivity index (χ1v) is 8.64. The van der Waals surface area contributed by atoms with E-state index >= 15 is 0 Å². The van der Waals surface area contributed by atoms with Crippen molar-refractivity contribution in [3.8, 4) is 23.0 Å². The van der Waals surface area contributed by atoms with Crippen molar-refractivity contribution in [2.45, 2.75) is 13.8 Å². The van der Waals surface area contributed by atoms with Crippen molar-refractivity contribution in [1.82, 2.24) is 9.78 Å². The molecule has 0 bridgehead atoms. The van der Waals surface area contributed by atoms with Gasteiger partial charge >= 0.3 is 5.97 Å². The molecule has 5 nitrogen and oxygen atoms in total. The van der Waals surface area contributed by atoms with Crippen molar-refractivity contribution in [2.75, 3.05) is 6.61 Å². The topological polar surface area (TPSA) is 67.9 Å². The molecule has 0 N–H and O–H groups in total. The van der Waals surface area contributed by atoms with Crippen LogP contribution >= 0.6 is 0 Å². The maximum Gasteiger partial charge on any atom is 0.348 e. The van der Waals surface area contributed by atoms with Gasteiger partial charge in [-0.2, -0.15) is 10.4 Å². The van der Waals surface area contributed by atoms with E-state index in [-0.39, 0.29) is 12.2 Å². The highest BCUT2D eigenvalue weighted by molar-refractivity contribution is 5.97. The Bertz CT molecular complexity index is 1010. The molecule has 2 aromatic carbocycles. The van der Waals surface area contributed by atoms with Crippen LogP contribution in [0.2, 0.25) is 0 Å². The van der Waals surface area contributed by atoms with Crippen LogP contribution < -0.4 is 0 Å². The molecule has 0 fully saturated rings. The Labute approximate surface area is 158 Å². The van der Waals surface area contributed by atoms with E-state index in [1.54, 1.807) is 11.6 Å². The fourth-order valence-electron chi connectivity index (χ4n) is 2.66. The van der Waals surface area contributed by atoms with Crippen LogP contribution in [0.25, 0.3) is 23.0 Å². The van der Waals surface area contributed by atoms with Gasteiger partial charge in [0, 0.05) is 5.56 Å². The van der Waals surface area contributed by atoms with E-state index in [0.29, 0.717) is 5.69 Å². The number of aromatic nitrogens is 2. The van der Waals surface area contributed by atoms with Crippen molar-refractivity contribution >= 4 is 12.0 Å². The average Bonchev–Trinajstić information content (AvgIpc) is 3.11. The lowest BCUT2D eigenvalue weighted by Crippen LogP contribution is -2.06. The first kappa shape index (κ1) is 18.2. The van der Waals surface area contributed by atoms with Gasteiger partial charge in [0.05, 0.1) is 23.7 Å². The Balaban J connectivity index is 2.11. The lowest BCUT2D eigenvalue weighted by Gasteiger charge is -2.07. The Morgan fingerprint density at radius 2 is 1.89 bits per heavy atom. The van der Waals surface area contributed by atoms with Gasteiger partial charge in [-0.05, 0) is 38.1 Å². The van der Waals surface area contributed by atoms with E-state index in [2.05, 4.69) is 5.10 Å². The molecule has 0 atom stereocenters. The molecule has 0 aliphatic rings. The lowest BCUT2D eigenvalue weighted by atomic mass is 10.1. The Hall–Kier alpha value is -3.65. The van der Waals surface area contributed by atoms with Gasteiger partial charge < -0.3 is 4.74 Å². The molecule has 134 valence electrons. The van der Waals surface area contributed by atoms with Gasteiger partial charge in [-0.1, -0.05) is 48.0 Å². The summed E-state index contributed by atoms with van der Waals surface area (Å²) >= 11 is 0. The molecule has 0 radical (unpaired) electrons. The number of ether oxygens (including phenoxy) is 1. The van der Waals surface area contributed by atoms with E-state index in [0.717, 1.165) is 22.5 Å². The van der Waals surface area contributed by atoms with Crippen LogP contribution in [0.15, 0.2) is 66.2 Å². The molecule has 0 aliphatic heterocycles. The summed E-state index contributed by atoms with van der Waals surface area (Å²) in [5, 5.41) is 13.9. The molecule has 0 saturated carbocycles. The fourth-order valence-corrected chi connectivity index (χ4v) is 2.66. The van der Waals surface area contributed by atoms with E-state index < -0.39 is 5.97 Å². The van der Waals surface area contributed by atoms with Gasteiger partial charge in [0.25, 0.3) is 0 Å². The monoisotopic (exact) mass is 357 g/mol. The normalized spacial score (nSPS) is 11.1. The molecular formula is C22H19N3O2. The van der Waals surface area contributed by atoms with Crippen molar-refractivity contribution in [3.05, 3.63) is 77.5 Å². The van der Waals surface area contributed by atoms with Crippen molar-refractivity contribution in [1.29, 1.82) is 5.26 Å². The van der Waals surface area contributed by atoms with Crippen LogP contribution in [0.4, 0.5) is 0 Å². The molecule has 0 aliphatic carbocycles. The molecule has 0 saturated heterocycles. The number of hydrogen-bond donors (Lipinski definition) is 0. The van der Waals surface area contributed by atoms with E-state index in [1.807, 2.05) is 73.7 Å². The smallest absolute Gasteiger partial charge is 0.348 e. The molecule has 1 heterocycles. The first-order valence-electron chi connectivity index (χ1n) is 8.64. The Kier molecular flexibility index (Phi) is 5.48. The second-order valence-corrected chi connectivity index (χ2v) is 5.96. The molecular weight excluding hydrogens is 338 g/mol. The van der Waals surface area contributed by atoms with E-state index in [1.165, 1.54) is 6.08 Å². The standard InChI is InChI=1S/C22H19N3O2/c1-3-27-22(26)18(15-23)13-19-14-21(17-7-5-4-6-8-17)25(24-19)20-11-9-16(2)10-12-20/h4-14H,3H2,1-2H3/b18-13-. The lowest BCUT2D eigenvalue weighted by molar-refractivity contribution is -0.137. The molecule has 0 unspecified atom stereocenters. The Morgan fingerprint density at radius 3 is 2.52 bits per heavy atom. The summed E-state index contributed by atoms with van der Waals surface area (Å²) in [5.41, 5.74) is 4.34. The molecule has 5 heteroatoms. The van der Waals surface area contributed by atoms with Crippen molar-refractivity contribution in [2.24, 2.45) is 0 Å². The number of aryl methyl sites for hydroxylation is 1. The van der Waals surface area contributed by atoms with Gasteiger partial charge in [-0.15, -0.1) is 0 Å². The van der Waals surface area contributed by atoms with Crippen LogP contribution in [0.3, 0.4) is 0 Å². The van der Waals surface area contributed by atoms with Crippen LogP contribution in [0, 0.1) is 18.3 Å². The average molecular weight is 357 g/mol. The zero-order valence-corrected chi connectivity index (χ0v) is 15.2. The van der Waals surface area contributed by atoms with Gasteiger partial charge in [0.1, 0.15) is 11.6 Å². The van der Waals surface area contributed by atoms with Crippen molar-refractivity contribution < 1.29 is 9.53 Å². The summed E-state index contributed by atoms with van der Waals surface area (Å²) < 4.78 is 6.73. The summed E-state index contributed by atoms with van der Waals surface area (Å²) in [6.07, 6.45) is 1.45. The summed E-state index contributed by atoms with van der Waals surface area (Å²) in [7, 11) is 0. The van der Waals surface area contributed by atoms with Crippen molar-refractivity contribution in [3.63, 3.8) is 0 Å². The highest BCUT2D eigenvalue weighted by atomic mass is 16.5. The van der Waals surface area contributed by atoms with Crippen LogP contribution in [-0.4, -0.2) is 22.4 Å². The summed E-state index contributed by atoms with van der Waals surface area (Å²) in [6, 6.07) is 21.6. The van der Waals surface area contributed by atoms with Gasteiger partial charge in [-0.3, -0.25) is 0 Å². The molecule has 3 aromatic rings. The summed E-state index contributed by atoms with van der Waals surface area (Å²) in [6.45, 7) is 3.94. The summed E-state index contributed by atoms with van der Waals surface area (Å²) in [5.74, 6) is -0.647. The third kappa shape index (κ3) is 4.13. The number of nitriles is 1. The number of carbonyl (C=O) groups excluding carboxylic acids is 1. The number of esters is 1. The number of nitrogens with zero attached hydrogens (tertiary/aromatic N) is 3. The summed E-state index contributed by atoms with van der Waals surface area (Å²) in [4.78, 5) is 11.9. The van der Waals surface area contributed by atoms with Crippen LogP contribution in [0.5, 0.6) is 0 Å². The largest absolute Gasteiger partial charge is 0.462 e. The number of carbonyl (C=O) groups is 1. The molecule has 3 rings (SSSR count). The molecule has 0 spiro atoms. The third-order valence-corrected chi connectivity index (χ3v) is 3.98. The zero-order chi connectivity index (χ0) is 19.2. The first-order chi connectivity index (χ1) is 13.1. The predicted octanol–water partition coefficient (Wildman–Crippen LogP) is 4.32. The molecule has 0 amide bonds. The fraction of sp³-hybridized carbons (Fsp3) is 0.136. The quantitative estimate of drug-likeness (QED) is 0.387. The minimum absolute atomic E-state index is 0.0787. The van der Waals surface area contributed by atoms with E-state index in [4.69, 9.17) is 4.74 Å². The predicted molar refractivity (Wildman–Crippen MR) is 104 cm³/mol. The van der Waals surface area contributed by atoms with Gasteiger partial charge in [0.15, 0.2) is 0 Å². The second-order valence-electron chi connectivity index (χ2n) is 5.96. The molecule has 27 heavy (non-hydrogen) atoms. The molecule has 1 aromatic heterocycles. The SMILES string of the molecule is CCOC(=O)/C(C#N)=C\c1cc(-c2ccccc2)n(-c2ccc(C)cc2)n1. The third-order valence-electron chi connectivity index (χ3n) is 3.98. The van der Waals surface area contributed by atoms with E-state index in [9.17, 15) is 10.1 Å². The van der Waals surface area contributed by atoms with Gasteiger partial charge in [-0.25, -0.2) is 9.48 Å². The van der Waals surface area contributed by atoms with Crippen LogP contribution in [0.1, 0.15) is 18.2 Å². The minimum Gasteiger partial charge on any atom is -0.462 e. The van der Waals surface area contributed by atoms with Gasteiger partial charge in [0.2, 0.25) is 0 Å². The number of hydrogen-bond acceptors (Lipinski definition) is 4. The maximum atomic E-state index is 11.9. The highest BCUT2D eigenvalue weighted by Crippen LogP contribution is 2.25.